The number of pyridine rings is 1. The van der Waals surface area contributed by atoms with E-state index in [1.54, 1.807) is 18.0 Å². The molecule has 2 heterocycles. The molecule has 1 fully saturated rings. The zero-order chi connectivity index (χ0) is 17.9. The Labute approximate surface area is 151 Å². The fraction of sp³-hybridized carbons (Fsp3) is 0.250. The van der Waals surface area contributed by atoms with Crippen molar-refractivity contribution in [3.8, 4) is 5.75 Å². The molecule has 1 aliphatic carbocycles. The van der Waals surface area contributed by atoms with E-state index in [1.807, 2.05) is 54.9 Å². The van der Waals surface area contributed by atoms with Crippen LogP contribution in [0.1, 0.15) is 23.5 Å². The van der Waals surface area contributed by atoms with Gasteiger partial charge < -0.3 is 10.1 Å². The maximum absolute atomic E-state index is 12.5. The van der Waals surface area contributed by atoms with E-state index in [0.29, 0.717) is 12.4 Å². The Morgan fingerprint density at radius 3 is 2.96 bits per heavy atom. The molecule has 1 saturated carbocycles. The van der Waals surface area contributed by atoms with E-state index in [-0.39, 0.29) is 17.7 Å². The van der Waals surface area contributed by atoms with Crippen molar-refractivity contribution in [2.75, 3.05) is 12.4 Å². The van der Waals surface area contributed by atoms with Gasteiger partial charge in [-0.1, -0.05) is 24.3 Å². The SMILES string of the molecule is COc1ccccc1[C@H]1C[C@H]1C(=O)Nc1ccn(Cc2cccnc2)n1. The molecule has 132 valence electrons. The van der Waals surface area contributed by atoms with Crippen LogP contribution in [-0.2, 0) is 11.3 Å². The van der Waals surface area contributed by atoms with Gasteiger partial charge in [0.15, 0.2) is 5.82 Å². The number of carbonyl (C=O) groups is 1. The molecule has 0 radical (unpaired) electrons. The summed E-state index contributed by atoms with van der Waals surface area (Å²) in [5, 5.41) is 7.34. The number of carbonyl (C=O) groups excluding carboxylic acids is 1. The maximum atomic E-state index is 12.5. The van der Waals surface area contributed by atoms with Gasteiger partial charge in [0.25, 0.3) is 0 Å². The molecule has 6 heteroatoms. The van der Waals surface area contributed by atoms with Gasteiger partial charge in [-0.05, 0) is 35.6 Å². The van der Waals surface area contributed by atoms with E-state index in [9.17, 15) is 4.79 Å². The van der Waals surface area contributed by atoms with E-state index in [2.05, 4.69) is 15.4 Å². The minimum atomic E-state index is -0.0326. The van der Waals surface area contributed by atoms with Gasteiger partial charge in [-0.3, -0.25) is 14.5 Å². The molecule has 0 spiro atoms. The summed E-state index contributed by atoms with van der Waals surface area (Å²) in [5.74, 6) is 1.60. The molecular weight excluding hydrogens is 328 g/mol. The minimum absolute atomic E-state index is 0.00698. The second kappa shape index (κ2) is 7.00. The highest BCUT2D eigenvalue weighted by Crippen LogP contribution is 2.50. The van der Waals surface area contributed by atoms with E-state index in [0.717, 1.165) is 23.3 Å². The first-order chi connectivity index (χ1) is 12.7. The molecule has 1 aromatic carbocycles. The minimum Gasteiger partial charge on any atom is -0.496 e. The van der Waals surface area contributed by atoms with Crippen molar-refractivity contribution in [3.05, 3.63) is 72.2 Å². The molecule has 0 aliphatic heterocycles. The van der Waals surface area contributed by atoms with Crippen LogP contribution in [0.2, 0.25) is 0 Å². The van der Waals surface area contributed by atoms with Gasteiger partial charge in [-0.2, -0.15) is 5.10 Å². The summed E-state index contributed by atoms with van der Waals surface area (Å²) in [6.45, 7) is 0.622. The average molecular weight is 348 g/mol. The molecule has 6 nitrogen and oxygen atoms in total. The highest BCUT2D eigenvalue weighted by Gasteiger charge is 2.45. The van der Waals surface area contributed by atoms with Crippen LogP contribution in [0.3, 0.4) is 0 Å². The molecule has 3 aromatic rings. The number of rotatable bonds is 6. The summed E-state index contributed by atoms with van der Waals surface area (Å²) in [6.07, 6.45) is 6.24. The Morgan fingerprint density at radius 1 is 1.27 bits per heavy atom. The number of ether oxygens (including phenoxy) is 1. The highest BCUT2D eigenvalue weighted by atomic mass is 16.5. The predicted octanol–water partition coefficient (Wildman–Crippen LogP) is 3.08. The van der Waals surface area contributed by atoms with Crippen LogP contribution in [0, 0.1) is 5.92 Å². The molecule has 4 rings (SSSR count). The summed E-state index contributed by atoms with van der Waals surface area (Å²) in [7, 11) is 1.66. The molecule has 1 amide bonds. The lowest BCUT2D eigenvalue weighted by molar-refractivity contribution is -0.117. The number of methoxy groups -OCH3 is 1. The van der Waals surface area contributed by atoms with Crippen LogP contribution < -0.4 is 10.1 Å². The molecule has 0 saturated heterocycles. The number of nitrogens with zero attached hydrogens (tertiary/aromatic N) is 3. The third-order valence-electron chi connectivity index (χ3n) is 4.62. The van der Waals surface area contributed by atoms with E-state index in [1.165, 1.54) is 0 Å². The molecule has 0 unspecified atom stereocenters. The molecular formula is C20H20N4O2. The van der Waals surface area contributed by atoms with Crippen molar-refractivity contribution in [1.82, 2.24) is 14.8 Å². The van der Waals surface area contributed by atoms with Crippen LogP contribution in [0.4, 0.5) is 5.82 Å². The molecule has 1 aliphatic rings. The fourth-order valence-electron chi connectivity index (χ4n) is 3.22. The third-order valence-corrected chi connectivity index (χ3v) is 4.62. The van der Waals surface area contributed by atoms with Crippen molar-refractivity contribution >= 4 is 11.7 Å². The third kappa shape index (κ3) is 3.44. The number of aromatic nitrogens is 3. The summed E-state index contributed by atoms with van der Waals surface area (Å²) in [5.41, 5.74) is 2.16. The second-order valence-corrected chi connectivity index (χ2v) is 6.44. The summed E-state index contributed by atoms with van der Waals surface area (Å²) in [4.78, 5) is 16.6. The Hall–Kier alpha value is -3.15. The smallest absolute Gasteiger partial charge is 0.229 e. The molecule has 26 heavy (non-hydrogen) atoms. The van der Waals surface area contributed by atoms with Crippen molar-refractivity contribution in [2.24, 2.45) is 5.92 Å². The normalized spacial score (nSPS) is 18.3. The number of anilines is 1. The Kier molecular flexibility index (Phi) is 4.39. The number of para-hydroxylation sites is 1. The largest absolute Gasteiger partial charge is 0.496 e. The van der Waals surface area contributed by atoms with Gasteiger partial charge in [0.05, 0.1) is 13.7 Å². The van der Waals surface area contributed by atoms with Gasteiger partial charge in [-0.25, -0.2) is 0 Å². The Morgan fingerprint density at radius 2 is 2.15 bits per heavy atom. The molecule has 0 bridgehead atoms. The van der Waals surface area contributed by atoms with E-state index in [4.69, 9.17) is 4.74 Å². The summed E-state index contributed by atoms with van der Waals surface area (Å²) < 4.78 is 7.19. The van der Waals surface area contributed by atoms with Gasteiger partial charge in [0.2, 0.25) is 5.91 Å². The number of hydrogen-bond donors (Lipinski definition) is 1. The first-order valence-corrected chi connectivity index (χ1v) is 8.61. The van der Waals surface area contributed by atoms with Crippen LogP contribution in [-0.4, -0.2) is 27.8 Å². The highest BCUT2D eigenvalue weighted by molar-refractivity contribution is 5.94. The molecule has 2 aromatic heterocycles. The first kappa shape index (κ1) is 16.3. The monoisotopic (exact) mass is 348 g/mol. The van der Waals surface area contributed by atoms with Crippen molar-refractivity contribution in [1.29, 1.82) is 0 Å². The topological polar surface area (TPSA) is 69.0 Å². The number of amides is 1. The maximum Gasteiger partial charge on any atom is 0.229 e. The number of nitrogens with one attached hydrogen (secondary N) is 1. The Bertz CT molecular complexity index is 907. The number of benzene rings is 1. The molecule has 1 N–H and O–H groups in total. The zero-order valence-corrected chi connectivity index (χ0v) is 14.5. The lowest BCUT2D eigenvalue weighted by atomic mass is 10.1. The van der Waals surface area contributed by atoms with Gasteiger partial charge >= 0.3 is 0 Å². The summed E-state index contributed by atoms with van der Waals surface area (Å²) in [6, 6.07) is 13.6. The lowest BCUT2D eigenvalue weighted by Crippen LogP contribution is -2.15. The standard InChI is InChI=1S/C20H20N4O2/c1-26-18-7-3-2-6-15(18)16-11-17(16)20(25)22-19-8-10-24(23-19)13-14-5-4-9-21-12-14/h2-10,12,16-17H,11,13H2,1H3,(H,22,23,25)/t16-,17-/m1/s1. The van der Waals surface area contributed by atoms with Crippen molar-refractivity contribution in [2.45, 2.75) is 18.9 Å². The van der Waals surface area contributed by atoms with Gasteiger partial charge in [0.1, 0.15) is 5.75 Å². The predicted molar refractivity (Wildman–Crippen MR) is 98.0 cm³/mol. The van der Waals surface area contributed by atoms with E-state index < -0.39 is 0 Å². The number of hydrogen-bond acceptors (Lipinski definition) is 4. The average Bonchev–Trinajstić information content (AvgIpc) is 3.37. The fourth-order valence-corrected chi connectivity index (χ4v) is 3.22. The van der Waals surface area contributed by atoms with E-state index >= 15 is 0 Å². The molecule has 2 atom stereocenters. The van der Waals surface area contributed by atoms with Crippen LogP contribution >= 0.6 is 0 Å². The van der Waals surface area contributed by atoms with Crippen molar-refractivity contribution in [3.63, 3.8) is 0 Å². The zero-order valence-electron chi connectivity index (χ0n) is 14.5. The van der Waals surface area contributed by atoms with Gasteiger partial charge in [-0.15, -0.1) is 0 Å². The quantitative estimate of drug-likeness (QED) is 0.743. The van der Waals surface area contributed by atoms with Crippen LogP contribution in [0.15, 0.2) is 61.1 Å². The van der Waals surface area contributed by atoms with Crippen LogP contribution in [0.5, 0.6) is 5.75 Å². The summed E-state index contributed by atoms with van der Waals surface area (Å²) >= 11 is 0. The van der Waals surface area contributed by atoms with Gasteiger partial charge in [0, 0.05) is 30.6 Å². The second-order valence-electron chi connectivity index (χ2n) is 6.44. The first-order valence-electron chi connectivity index (χ1n) is 8.61. The lowest BCUT2D eigenvalue weighted by Gasteiger charge is -2.07. The van der Waals surface area contributed by atoms with Crippen LogP contribution in [0.25, 0.3) is 0 Å². The van der Waals surface area contributed by atoms with Crippen molar-refractivity contribution < 1.29 is 9.53 Å². The Balaban J connectivity index is 1.37.